The Hall–Kier alpha value is -1.45. The Labute approximate surface area is 123 Å². The van der Waals surface area contributed by atoms with Crippen LogP contribution in [0.5, 0.6) is 0 Å². The average molecular weight is 312 g/mol. The van der Waals surface area contributed by atoms with Gasteiger partial charge in [0.1, 0.15) is 40.5 Å². The third-order valence-corrected chi connectivity index (χ3v) is 3.88. The molecule has 4 N–H and O–H groups in total. The average Bonchev–Trinajstić information content (AvgIpc) is 2.75. The van der Waals surface area contributed by atoms with Crippen molar-refractivity contribution in [2.75, 3.05) is 6.61 Å². The van der Waals surface area contributed by atoms with Crippen molar-refractivity contribution in [1.82, 2.24) is 9.97 Å². The van der Waals surface area contributed by atoms with Gasteiger partial charge in [-0.1, -0.05) is 12.2 Å². The molecule has 0 radical (unpaired) electrons. The second-order valence-corrected chi connectivity index (χ2v) is 5.31. The molecule has 8 heteroatoms. The van der Waals surface area contributed by atoms with E-state index >= 15 is 0 Å². The van der Waals surface area contributed by atoms with Crippen LogP contribution in [0.25, 0.3) is 11.0 Å². The lowest BCUT2D eigenvalue weighted by atomic mass is 10.0. The Balaban J connectivity index is 2.08. The highest BCUT2D eigenvalue weighted by molar-refractivity contribution is 7.71. The summed E-state index contributed by atoms with van der Waals surface area (Å²) in [6.45, 7) is -0.422. The van der Waals surface area contributed by atoms with E-state index in [2.05, 4.69) is 9.97 Å². The van der Waals surface area contributed by atoms with Gasteiger partial charge in [0, 0.05) is 10.9 Å². The van der Waals surface area contributed by atoms with Crippen LogP contribution in [0, 0.1) is 10.5 Å². The van der Waals surface area contributed by atoms with Gasteiger partial charge >= 0.3 is 0 Å². The zero-order chi connectivity index (χ0) is 15.1. The fraction of sp³-hybridized carbons (Fsp3) is 0.385. The molecule has 4 atom stereocenters. The molecule has 1 saturated heterocycles. The molecule has 0 aromatic carbocycles. The van der Waals surface area contributed by atoms with E-state index < -0.39 is 36.8 Å². The molecule has 1 unspecified atom stereocenters. The van der Waals surface area contributed by atoms with Crippen LogP contribution in [0.4, 0.5) is 4.39 Å². The highest BCUT2D eigenvalue weighted by atomic mass is 32.1. The molecular formula is C13H13FN2O4S. The largest absolute Gasteiger partial charge is 0.394 e. The summed E-state index contributed by atoms with van der Waals surface area (Å²) < 4.78 is 19.0. The van der Waals surface area contributed by atoms with E-state index in [0.717, 1.165) is 6.20 Å². The SMILES string of the molecule is OC[C@H]1O[C@@H](c2cc3cc(F)cnc3[nH]c2=S)[C@@H](O)C1O. The molecule has 3 heterocycles. The van der Waals surface area contributed by atoms with Crippen molar-refractivity contribution in [1.29, 1.82) is 0 Å². The van der Waals surface area contributed by atoms with E-state index in [1.807, 2.05) is 0 Å². The lowest BCUT2D eigenvalue weighted by molar-refractivity contribution is -0.0229. The Bertz CT molecular complexity index is 738. The smallest absolute Gasteiger partial charge is 0.142 e. The first-order valence-electron chi connectivity index (χ1n) is 6.32. The normalized spacial score (nSPS) is 29.1. The third-order valence-electron chi connectivity index (χ3n) is 3.54. The lowest BCUT2D eigenvalue weighted by Crippen LogP contribution is -2.32. The zero-order valence-electron chi connectivity index (χ0n) is 10.7. The van der Waals surface area contributed by atoms with Gasteiger partial charge in [-0.15, -0.1) is 0 Å². The van der Waals surface area contributed by atoms with Crippen molar-refractivity contribution >= 4 is 23.3 Å². The molecule has 1 aliphatic rings. The summed E-state index contributed by atoms with van der Waals surface area (Å²) >= 11 is 5.19. The van der Waals surface area contributed by atoms with Crippen LogP contribution in [0.2, 0.25) is 0 Å². The first kappa shape index (κ1) is 14.5. The molecule has 0 saturated carbocycles. The monoisotopic (exact) mass is 312 g/mol. The molecule has 2 aromatic rings. The maximum Gasteiger partial charge on any atom is 0.142 e. The van der Waals surface area contributed by atoms with Crippen LogP contribution in [0.3, 0.4) is 0 Å². The Morgan fingerprint density at radius 3 is 2.76 bits per heavy atom. The summed E-state index contributed by atoms with van der Waals surface area (Å²) in [5.41, 5.74) is 0.823. The number of hydrogen-bond donors (Lipinski definition) is 4. The number of nitrogens with zero attached hydrogens (tertiary/aromatic N) is 1. The van der Waals surface area contributed by atoms with Crippen molar-refractivity contribution in [3.63, 3.8) is 0 Å². The Morgan fingerprint density at radius 1 is 1.33 bits per heavy atom. The van der Waals surface area contributed by atoms with Crippen LogP contribution in [-0.4, -0.2) is 50.2 Å². The number of halogens is 1. The molecule has 21 heavy (non-hydrogen) atoms. The standard InChI is InChI=1S/C13H13FN2O4S/c14-6-1-5-2-7(13(21)16-12(5)15-3-6)11-10(19)9(18)8(4-17)20-11/h1-3,8-11,17-19H,4H2,(H,15,16,21)/t8-,9?,10+,11+/m1/s1. The summed E-state index contributed by atoms with van der Waals surface area (Å²) in [4.78, 5) is 6.72. The number of H-pyrrole nitrogens is 1. The van der Waals surface area contributed by atoms with Gasteiger partial charge in [0.25, 0.3) is 0 Å². The number of ether oxygens (including phenoxy) is 1. The number of fused-ring (bicyclic) bond motifs is 1. The molecule has 2 aromatic heterocycles. The summed E-state index contributed by atoms with van der Waals surface area (Å²) in [5.74, 6) is -0.500. The van der Waals surface area contributed by atoms with E-state index in [1.54, 1.807) is 6.07 Å². The lowest BCUT2D eigenvalue weighted by Gasteiger charge is -2.15. The summed E-state index contributed by atoms with van der Waals surface area (Å²) in [5, 5.41) is 29.4. The first-order valence-corrected chi connectivity index (χ1v) is 6.73. The van der Waals surface area contributed by atoms with Gasteiger partial charge < -0.3 is 25.0 Å². The minimum Gasteiger partial charge on any atom is -0.394 e. The van der Waals surface area contributed by atoms with Gasteiger partial charge in [0.2, 0.25) is 0 Å². The first-order chi connectivity index (χ1) is 10.0. The number of aliphatic hydroxyl groups is 3. The van der Waals surface area contributed by atoms with E-state index in [0.29, 0.717) is 16.6 Å². The molecule has 0 aliphatic carbocycles. The van der Waals surface area contributed by atoms with Crippen molar-refractivity contribution < 1.29 is 24.4 Å². The van der Waals surface area contributed by atoms with Gasteiger partial charge in [0.05, 0.1) is 12.8 Å². The number of aromatic nitrogens is 2. The fourth-order valence-electron chi connectivity index (χ4n) is 2.45. The maximum atomic E-state index is 13.2. The molecule has 0 spiro atoms. The third kappa shape index (κ3) is 2.45. The maximum absolute atomic E-state index is 13.2. The number of pyridine rings is 2. The quantitative estimate of drug-likeness (QED) is 0.606. The topological polar surface area (TPSA) is 98.6 Å². The second-order valence-electron chi connectivity index (χ2n) is 4.90. The summed E-state index contributed by atoms with van der Waals surface area (Å²) in [6.07, 6.45) is -3.15. The summed E-state index contributed by atoms with van der Waals surface area (Å²) in [6, 6.07) is 2.84. The predicted octanol–water partition coefficient (Wildman–Crippen LogP) is 0.585. The van der Waals surface area contributed by atoms with Crippen molar-refractivity contribution in [2.45, 2.75) is 24.4 Å². The van der Waals surface area contributed by atoms with Crippen LogP contribution in [0.1, 0.15) is 11.7 Å². The molecule has 1 aliphatic heterocycles. The minimum absolute atomic E-state index is 0.274. The molecular weight excluding hydrogens is 299 g/mol. The molecule has 112 valence electrons. The Morgan fingerprint density at radius 2 is 2.10 bits per heavy atom. The summed E-state index contributed by atoms with van der Waals surface area (Å²) in [7, 11) is 0. The van der Waals surface area contributed by atoms with Crippen molar-refractivity contribution in [3.8, 4) is 0 Å². The molecule has 1 fully saturated rings. The molecule has 6 nitrogen and oxygen atoms in total. The van der Waals surface area contributed by atoms with Crippen LogP contribution >= 0.6 is 12.2 Å². The van der Waals surface area contributed by atoms with Gasteiger partial charge in [-0.3, -0.25) is 0 Å². The number of aromatic amines is 1. The van der Waals surface area contributed by atoms with E-state index in [-0.39, 0.29) is 4.64 Å². The minimum atomic E-state index is -1.23. The van der Waals surface area contributed by atoms with E-state index in [9.17, 15) is 14.6 Å². The van der Waals surface area contributed by atoms with Crippen molar-refractivity contribution in [3.05, 3.63) is 34.4 Å². The predicted molar refractivity (Wildman–Crippen MR) is 73.6 cm³/mol. The van der Waals surface area contributed by atoms with E-state index in [1.165, 1.54) is 6.07 Å². The Kier molecular flexibility index (Phi) is 3.72. The number of rotatable bonds is 2. The van der Waals surface area contributed by atoms with Crippen LogP contribution < -0.4 is 0 Å². The van der Waals surface area contributed by atoms with E-state index in [4.69, 9.17) is 22.1 Å². The highest BCUT2D eigenvalue weighted by Crippen LogP contribution is 2.34. The molecule has 0 amide bonds. The van der Waals surface area contributed by atoms with Gasteiger partial charge in [0.15, 0.2) is 0 Å². The number of hydrogen-bond acceptors (Lipinski definition) is 6. The second kappa shape index (κ2) is 5.39. The van der Waals surface area contributed by atoms with Gasteiger partial charge in [-0.05, 0) is 12.1 Å². The highest BCUT2D eigenvalue weighted by Gasteiger charge is 2.43. The number of nitrogens with one attached hydrogen (secondary N) is 1. The van der Waals surface area contributed by atoms with Crippen molar-refractivity contribution in [2.24, 2.45) is 0 Å². The van der Waals surface area contributed by atoms with Gasteiger partial charge in [-0.25, -0.2) is 9.37 Å². The van der Waals surface area contributed by atoms with Crippen LogP contribution in [0.15, 0.2) is 18.3 Å². The zero-order valence-corrected chi connectivity index (χ0v) is 11.5. The van der Waals surface area contributed by atoms with Gasteiger partial charge in [-0.2, -0.15) is 0 Å². The molecule has 0 bridgehead atoms. The fourth-order valence-corrected chi connectivity index (χ4v) is 2.72. The van der Waals surface area contributed by atoms with Crippen LogP contribution in [-0.2, 0) is 4.74 Å². The molecule has 3 rings (SSSR count). The number of aliphatic hydroxyl groups excluding tert-OH is 3.